The van der Waals surface area contributed by atoms with Gasteiger partial charge in [0, 0.05) is 31.1 Å². The van der Waals surface area contributed by atoms with Gasteiger partial charge >= 0.3 is 5.69 Å². The van der Waals surface area contributed by atoms with Crippen LogP contribution in [0.15, 0.2) is 53.3 Å². The van der Waals surface area contributed by atoms with Crippen LogP contribution in [-0.4, -0.2) is 19.5 Å². The van der Waals surface area contributed by atoms with Gasteiger partial charge in [-0.2, -0.15) is 0 Å². The van der Waals surface area contributed by atoms with E-state index in [-0.39, 0.29) is 11.5 Å². The van der Waals surface area contributed by atoms with E-state index < -0.39 is 0 Å². The number of fused-ring (bicyclic) bond motifs is 2. The lowest BCUT2D eigenvalue weighted by atomic mass is 10.1. The summed E-state index contributed by atoms with van der Waals surface area (Å²) in [5.41, 5.74) is 5.16. The summed E-state index contributed by atoms with van der Waals surface area (Å²) in [6.07, 6.45) is 0.362. The molecule has 2 aromatic carbocycles. The standard InChI is InChI=1S/C22H23N3O2/c1-15-13-17-7-6-8-18(21(17)23(15)3)14-25-20-10-5-4-9-19(20)24(22(25)27)12-11-16(2)26/h4-10,13H,11-12,14H2,1-3H3. The molecule has 0 atom stereocenters. The van der Waals surface area contributed by atoms with Crippen molar-refractivity contribution in [2.24, 2.45) is 7.05 Å². The Morgan fingerprint density at radius 1 is 1.00 bits per heavy atom. The summed E-state index contributed by atoms with van der Waals surface area (Å²) in [6.45, 7) is 4.56. The van der Waals surface area contributed by atoms with Gasteiger partial charge in [0.05, 0.1) is 23.1 Å². The van der Waals surface area contributed by atoms with Gasteiger partial charge in [0.25, 0.3) is 0 Å². The average Bonchev–Trinajstić information content (AvgIpc) is 3.08. The fourth-order valence-electron chi connectivity index (χ4n) is 3.84. The zero-order valence-corrected chi connectivity index (χ0v) is 15.9. The summed E-state index contributed by atoms with van der Waals surface area (Å²) in [5.74, 6) is 0.0859. The lowest BCUT2D eigenvalue weighted by molar-refractivity contribution is -0.117. The van der Waals surface area contributed by atoms with E-state index in [0.29, 0.717) is 19.5 Å². The minimum Gasteiger partial charge on any atom is -0.348 e. The van der Waals surface area contributed by atoms with Gasteiger partial charge in [-0.15, -0.1) is 0 Å². The molecule has 0 N–H and O–H groups in total. The quantitative estimate of drug-likeness (QED) is 0.545. The topological polar surface area (TPSA) is 48.9 Å². The van der Waals surface area contributed by atoms with Gasteiger partial charge in [-0.1, -0.05) is 30.3 Å². The van der Waals surface area contributed by atoms with Crippen molar-refractivity contribution in [2.75, 3.05) is 0 Å². The van der Waals surface area contributed by atoms with Crippen molar-refractivity contribution < 1.29 is 4.79 Å². The monoisotopic (exact) mass is 361 g/mol. The summed E-state index contributed by atoms with van der Waals surface area (Å²) < 4.78 is 5.70. The number of rotatable bonds is 5. The van der Waals surface area contributed by atoms with Crippen LogP contribution in [0.4, 0.5) is 0 Å². The minimum absolute atomic E-state index is 0.0691. The number of Topliss-reactive ketones (excluding diaryl/α,β-unsaturated/α-hetero) is 1. The smallest absolute Gasteiger partial charge is 0.329 e. The van der Waals surface area contributed by atoms with E-state index >= 15 is 0 Å². The Labute approximate surface area is 157 Å². The van der Waals surface area contributed by atoms with E-state index in [1.807, 2.05) is 34.9 Å². The number of nitrogens with zero attached hydrogens (tertiary/aromatic N) is 3. The van der Waals surface area contributed by atoms with E-state index in [0.717, 1.165) is 22.1 Å². The highest BCUT2D eigenvalue weighted by atomic mass is 16.2. The van der Waals surface area contributed by atoms with E-state index in [1.54, 1.807) is 11.5 Å². The molecular formula is C22H23N3O2. The molecule has 0 amide bonds. The molecule has 27 heavy (non-hydrogen) atoms. The zero-order chi connectivity index (χ0) is 19.1. The highest BCUT2D eigenvalue weighted by Gasteiger charge is 2.15. The molecule has 4 rings (SSSR count). The highest BCUT2D eigenvalue weighted by molar-refractivity contribution is 5.85. The van der Waals surface area contributed by atoms with Crippen LogP contribution in [0.5, 0.6) is 0 Å². The van der Waals surface area contributed by atoms with Crippen molar-refractivity contribution in [3.63, 3.8) is 0 Å². The summed E-state index contributed by atoms with van der Waals surface area (Å²) in [7, 11) is 2.06. The molecule has 0 bridgehead atoms. The van der Waals surface area contributed by atoms with Crippen LogP contribution in [0.2, 0.25) is 0 Å². The van der Waals surface area contributed by atoms with Crippen LogP contribution in [-0.2, 0) is 24.9 Å². The van der Waals surface area contributed by atoms with Crippen LogP contribution in [0, 0.1) is 6.92 Å². The summed E-state index contributed by atoms with van der Waals surface area (Å²) in [6, 6.07) is 16.2. The highest BCUT2D eigenvalue weighted by Crippen LogP contribution is 2.24. The summed E-state index contributed by atoms with van der Waals surface area (Å²) in [4.78, 5) is 24.6. The van der Waals surface area contributed by atoms with Crippen LogP contribution in [0.1, 0.15) is 24.6 Å². The molecule has 0 fully saturated rings. The van der Waals surface area contributed by atoms with Crippen molar-refractivity contribution in [1.29, 1.82) is 0 Å². The van der Waals surface area contributed by atoms with Crippen LogP contribution >= 0.6 is 0 Å². The first-order valence-electron chi connectivity index (χ1n) is 9.19. The fraction of sp³-hybridized carbons (Fsp3) is 0.273. The van der Waals surface area contributed by atoms with E-state index in [1.165, 1.54) is 11.1 Å². The second kappa shape index (κ2) is 6.58. The molecular weight excluding hydrogens is 338 g/mol. The lowest BCUT2D eigenvalue weighted by Crippen LogP contribution is -2.25. The number of carbonyl (C=O) groups excluding carboxylic acids is 1. The minimum atomic E-state index is -0.0691. The van der Waals surface area contributed by atoms with Crippen molar-refractivity contribution in [1.82, 2.24) is 13.7 Å². The number of aryl methyl sites for hydroxylation is 3. The molecule has 2 aromatic heterocycles. The lowest BCUT2D eigenvalue weighted by Gasteiger charge is -2.08. The van der Waals surface area contributed by atoms with Crippen molar-refractivity contribution >= 4 is 27.7 Å². The number of aromatic nitrogens is 3. The maximum absolute atomic E-state index is 13.1. The molecule has 0 saturated heterocycles. The molecule has 0 aliphatic carbocycles. The molecule has 0 aliphatic heterocycles. The predicted molar refractivity (Wildman–Crippen MR) is 108 cm³/mol. The fourth-order valence-corrected chi connectivity index (χ4v) is 3.84. The maximum atomic E-state index is 13.1. The molecule has 0 radical (unpaired) electrons. The number of benzene rings is 2. The van der Waals surface area contributed by atoms with Gasteiger partial charge in [-0.25, -0.2) is 4.79 Å². The third kappa shape index (κ3) is 2.89. The van der Waals surface area contributed by atoms with Gasteiger partial charge in [-0.05, 0) is 37.6 Å². The first-order valence-corrected chi connectivity index (χ1v) is 9.19. The summed E-state index contributed by atoms with van der Waals surface area (Å²) in [5, 5.41) is 1.18. The number of para-hydroxylation sites is 3. The number of imidazole rings is 1. The molecule has 0 spiro atoms. The first kappa shape index (κ1) is 17.3. The van der Waals surface area contributed by atoms with Gasteiger partial charge in [0.15, 0.2) is 0 Å². The van der Waals surface area contributed by atoms with Crippen LogP contribution in [0.25, 0.3) is 21.9 Å². The molecule has 0 unspecified atom stereocenters. The SMILES string of the molecule is CC(=O)CCn1c(=O)n(Cc2cccc3cc(C)n(C)c23)c2ccccc21. The second-order valence-electron chi connectivity index (χ2n) is 7.16. The number of hydrogen-bond donors (Lipinski definition) is 0. The Kier molecular flexibility index (Phi) is 4.22. The Morgan fingerprint density at radius 3 is 2.41 bits per heavy atom. The van der Waals surface area contributed by atoms with Crippen molar-refractivity contribution in [3.05, 3.63) is 70.3 Å². The van der Waals surface area contributed by atoms with Gasteiger partial charge < -0.3 is 4.57 Å². The molecule has 5 heteroatoms. The van der Waals surface area contributed by atoms with Crippen LogP contribution in [0.3, 0.4) is 0 Å². The molecule has 5 nitrogen and oxygen atoms in total. The Balaban J connectivity index is 1.87. The van der Waals surface area contributed by atoms with Gasteiger partial charge in [-0.3, -0.25) is 13.9 Å². The van der Waals surface area contributed by atoms with Gasteiger partial charge in [0.2, 0.25) is 0 Å². The summed E-state index contributed by atoms with van der Waals surface area (Å²) >= 11 is 0. The normalized spacial score (nSPS) is 11.5. The third-order valence-electron chi connectivity index (χ3n) is 5.32. The van der Waals surface area contributed by atoms with E-state index in [2.05, 4.69) is 36.7 Å². The zero-order valence-electron chi connectivity index (χ0n) is 15.9. The third-order valence-corrected chi connectivity index (χ3v) is 5.32. The second-order valence-corrected chi connectivity index (χ2v) is 7.16. The molecule has 2 heterocycles. The predicted octanol–water partition coefficient (Wildman–Crippen LogP) is 3.63. The average molecular weight is 361 g/mol. The van der Waals surface area contributed by atoms with Crippen molar-refractivity contribution in [2.45, 2.75) is 33.4 Å². The maximum Gasteiger partial charge on any atom is 0.329 e. The number of carbonyl (C=O) groups is 1. The van der Waals surface area contributed by atoms with Crippen molar-refractivity contribution in [3.8, 4) is 0 Å². The van der Waals surface area contributed by atoms with E-state index in [9.17, 15) is 9.59 Å². The Bertz CT molecular complexity index is 1220. The molecule has 138 valence electrons. The number of ketones is 1. The first-order chi connectivity index (χ1) is 13.0. The van der Waals surface area contributed by atoms with Gasteiger partial charge in [0.1, 0.15) is 5.78 Å². The Morgan fingerprint density at radius 2 is 1.70 bits per heavy atom. The molecule has 0 saturated carbocycles. The van der Waals surface area contributed by atoms with E-state index in [4.69, 9.17) is 0 Å². The number of hydrogen-bond acceptors (Lipinski definition) is 2. The van der Waals surface area contributed by atoms with Crippen LogP contribution < -0.4 is 5.69 Å². The molecule has 4 aromatic rings. The molecule has 0 aliphatic rings. The Hall–Kier alpha value is -3.08. The largest absolute Gasteiger partial charge is 0.348 e.